The van der Waals surface area contributed by atoms with Crippen molar-refractivity contribution in [2.75, 3.05) is 0 Å². The minimum atomic E-state index is 0.423. The quantitative estimate of drug-likeness (QED) is 0.681. The fourth-order valence-electron chi connectivity index (χ4n) is 2.96. The largest absolute Gasteiger partial charge is 0.489 e. The molecule has 2 aromatic carbocycles. The van der Waals surface area contributed by atoms with Crippen molar-refractivity contribution < 1.29 is 4.74 Å². The maximum absolute atomic E-state index is 5.97. The van der Waals surface area contributed by atoms with Crippen LogP contribution in [0.3, 0.4) is 0 Å². The fourth-order valence-corrected chi connectivity index (χ4v) is 2.96. The lowest BCUT2D eigenvalue weighted by Crippen LogP contribution is -2.05. The van der Waals surface area contributed by atoms with Crippen molar-refractivity contribution in [1.29, 1.82) is 0 Å². The molecule has 4 nitrogen and oxygen atoms in total. The van der Waals surface area contributed by atoms with E-state index in [1.54, 1.807) is 0 Å². The Hall–Kier alpha value is -2.59. The Morgan fingerprint density at radius 1 is 1.04 bits per heavy atom. The van der Waals surface area contributed by atoms with Crippen molar-refractivity contribution in [3.63, 3.8) is 0 Å². The zero-order valence-corrected chi connectivity index (χ0v) is 14.8. The smallest absolute Gasteiger partial charge is 0.120 e. The molecule has 0 saturated heterocycles. The molecule has 25 heavy (non-hydrogen) atoms. The van der Waals surface area contributed by atoms with Crippen LogP contribution in [0.2, 0.25) is 0 Å². The second kappa shape index (κ2) is 7.99. The normalized spacial score (nSPS) is 11.0. The van der Waals surface area contributed by atoms with E-state index in [1.165, 1.54) is 16.8 Å². The number of nitrogens with zero attached hydrogens (tertiary/aromatic N) is 1. The topological polar surface area (TPSA) is 63.9 Å². The van der Waals surface area contributed by atoms with Gasteiger partial charge in [0.15, 0.2) is 0 Å². The van der Waals surface area contributed by atoms with E-state index in [9.17, 15) is 0 Å². The highest BCUT2D eigenvalue weighted by molar-refractivity contribution is 5.39. The second-order valence-corrected chi connectivity index (χ2v) is 6.55. The molecule has 0 fully saturated rings. The molecule has 1 heterocycles. The van der Waals surface area contributed by atoms with Gasteiger partial charge in [-0.15, -0.1) is 0 Å². The van der Waals surface area contributed by atoms with Crippen molar-refractivity contribution in [3.8, 4) is 5.75 Å². The first kappa shape index (κ1) is 17.2. The van der Waals surface area contributed by atoms with Crippen LogP contribution < -0.4 is 10.5 Å². The van der Waals surface area contributed by atoms with E-state index in [4.69, 9.17) is 10.5 Å². The van der Waals surface area contributed by atoms with Gasteiger partial charge in [-0.3, -0.25) is 5.10 Å². The van der Waals surface area contributed by atoms with E-state index in [-0.39, 0.29) is 0 Å². The number of aromatic amines is 1. The predicted octanol–water partition coefficient (Wildman–Crippen LogP) is 4.16. The lowest BCUT2D eigenvalue weighted by Gasteiger charge is -2.13. The van der Waals surface area contributed by atoms with Gasteiger partial charge in [0.1, 0.15) is 12.4 Å². The summed E-state index contributed by atoms with van der Waals surface area (Å²) in [5.74, 6) is 1.27. The lowest BCUT2D eigenvalue weighted by molar-refractivity contribution is 0.306. The molecule has 0 aliphatic rings. The maximum atomic E-state index is 5.97. The van der Waals surface area contributed by atoms with E-state index in [0.717, 1.165) is 23.3 Å². The second-order valence-electron chi connectivity index (χ2n) is 6.55. The minimum absolute atomic E-state index is 0.423. The van der Waals surface area contributed by atoms with Crippen LogP contribution in [0.4, 0.5) is 0 Å². The van der Waals surface area contributed by atoms with Gasteiger partial charge in [0, 0.05) is 18.7 Å². The van der Waals surface area contributed by atoms with Crippen LogP contribution in [-0.2, 0) is 19.6 Å². The molecular weight excluding hydrogens is 310 g/mol. The van der Waals surface area contributed by atoms with E-state index in [2.05, 4.69) is 42.2 Å². The molecule has 0 aliphatic heterocycles. The number of benzene rings is 2. The third kappa shape index (κ3) is 4.28. The van der Waals surface area contributed by atoms with Gasteiger partial charge in [0.2, 0.25) is 0 Å². The maximum Gasteiger partial charge on any atom is 0.120 e. The molecule has 0 unspecified atom stereocenters. The van der Waals surface area contributed by atoms with Crippen LogP contribution in [0.25, 0.3) is 0 Å². The number of H-pyrrole nitrogens is 1. The third-order valence-electron chi connectivity index (χ3n) is 4.36. The Morgan fingerprint density at radius 2 is 1.84 bits per heavy atom. The van der Waals surface area contributed by atoms with Crippen LogP contribution in [0.15, 0.2) is 54.7 Å². The number of nitrogens with two attached hydrogens (primary N) is 1. The van der Waals surface area contributed by atoms with Crippen molar-refractivity contribution in [2.24, 2.45) is 5.73 Å². The summed E-state index contributed by atoms with van der Waals surface area (Å²) in [4.78, 5) is 0. The molecule has 0 saturated carbocycles. The number of hydrogen-bond acceptors (Lipinski definition) is 3. The molecule has 3 aromatic rings. The van der Waals surface area contributed by atoms with Crippen LogP contribution in [-0.4, -0.2) is 10.2 Å². The highest BCUT2D eigenvalue weighted by Crippen LogP contribution is 2.24. The predicted molar refractivity (Wildman–Crippen MR) is 101 cm³/mol. The van der Waals surface area contributed by atoms with Gasteiger partial charge < -0.3 is 10.5 Å². The number of aromatic nitrogens is 2. The van der Waals surface area contributed by atoms with Gasteiger partial charge >= 0.3 is 0 Å². The summed E-state index contributed by atoms with van der Waals surface area (Å²) in [7, 11) is 0. The van der Waals surface area contributed by atoms with Crippen molar-refractivity contribution in [1.82, 2.24) is 10.2 Å². The number of ether oxygens (including phenoxy) is 1. The van der Waals surface area contributed by atoms with E-state index in [1.807, 2.05) is 36.5 Å². The van der Waals surface area contributed by atoms with Gasteiger partial charge in [-0.25, -0.2) is 0 Å². The number of hydrogen-bond donors (Lipinski definition) is 2. The van der Waals surface area contributed by atoms with Crippen LogP contribution >= 0.6 is 0 Å². The lowest BCUT2D eigenvalue weighted by atomic mass is 9.97. The number of rotatable bonds is 7. The van der Waals surface area contributed by atoms with Gasteiger partial charge in [-0.1, -0.05) is 50.2 Å². The first-order valence-corrected chi connectivity index (χ1v) is 8.68. The zero-order chi connectivity index (χ0) is 17.6. The molecule has 4 heteroatoms. The number of nitrogens with one attached hydrogen (secondary N) is 1. The highest BCUT2D eigenvalue weighted by atomic mass is 16.5. The molecule has 0 aliphatic carbocycles. The summed E-state index contributed by atoms with van der Waals surface area (Å²) in [6.45, 7) is 5.39. The summed E-state index contributed by atoms with van der Waals surface area (Å²) in [5, 5.41) is 7.30. The van der Waals surface area contributed by atoms with Gasteiger partial charge in [-0.2, -0.15) is 5.10 Å². The molecule has 0 spiro atoms. The van der Waals surface area contributed by atoms with Crippen molar-refractivity contribution >= 4 is 0 Å². The van der Waals surface area contributed by atoms with Crippen LogP contribution in [0, 0.1) is 0 Å². The highest BCUT2D eigenvalue weighted by Gasteiger charge is 2.12. The average Bonchev–Trinajstić information content (AvgIpc) is 3.10. The van der Waals surface area contributed by atoms with Gasteiger partial charge in [-0.05, 0) is 40.3 Å². The molecule has 3 N–H and O–H groups in total. The molecule has 0 bridgehead atoms. The standard InChI is InChI=1S/C21H25N3O/c1-15(2)21-19(13-23-24-21)10-17-8-9-20(11-18(17)12-22)25-14-16-6-4-3-5-7-16/h3-9,11,13,15H,10,12,14,22H2,1-2H3,(H,23,24). The first-order chi connectivity index (χ1) is 12.2. The Kier molecular flexibility index (Phi) is 5.51. The Morgan fingerprint density at radius 3 is 2.56 bits per heavy atom. The van der Waals surface area contributed by atoms with Crippen LogP contribution in [0.1, 0.15) is 47.7 Å². The average molecular weight is 335 g/mol. The SMILES string of the molecule is CC(C)c1[nH]ncc1Cc1ccc(OCc2ccccc2)cc1CN. The van der Waals surface area contributed by atoms with Crippen molar-refractivity contribution in [2.45, 2.75) is 39.3 Å². The van der Waals surface area contributed by atoms with E-state index >= 15 is 0 Å². The van der Waals surface area contributed by atoms with Gasteiger partial charge in [0.25, 0.3) is 0 Å². The fraction of sp³-hybridized carbons (Fsp3) is 0.286. The first-order valence-electron chi connectivity index (χ1n) is 8.68. The van der Waals surface area contributed by atoms with E-state index in [0.29, 0.717) is 19.1 Å². The molecule has 1 aromatic heterocycles. The Balaban J connectivity index is 1.74. The molecule has 0 radical (unpaired) electrons. The summed E-state index contributed by atoms with van der Waals surface area (Å²) >= 11 is 0. The Labute approximate surface area is 149 Å². The molecule has 3 rings (SSSR count). The van der Waals surface area contributed by atoms with Crippen LogP contribution in [0.5, 0.6) is 5.75 Å². The summed E-state index contributed by atoms with van der Waals surface area (Å²) in [5.41, 5.74) is 11.9. The monoisotopic (exact) mass is 335 g/mol. The van der Waals surface area contributed by atoms with E-state index < -0.39 is 0 Å². The van der Waals surface area contributed by atoms with Crippen molar-refractivity contribution in [3.05, 3.63) is 82.7 Å². The Bertz CT molecular complexity index is 809. The third-order valence-corrected chi connectivity index (χ3v) is 4.36. The molecule has 0 atom stereocenters. The molecule has 130 valence electrons. The van der Waals surface area contributed by atoms with Gasteiger partial charge in [0.05, 0.1) is 6.20 Å². The summed E-state index contributed by atoms with van der Waals surface area (Å²) < 4.78 is 5.91. The summed E-state index contributed by atoms with van der Waals surface area (Å²) in [6, 6.07) is 16.3. The molecular formula is C21H25N3O. The zero-order valence-electron chi connectivity index (χ0n) is 14.8. The molecule has 0 amide bonds. The minimum Gasteiger partial charge on any atom is -0.489 e. The summed E-state index contributed by atoms with van der Waals surface area (Å²) in [6.07, 6.45) is 2.74.